The van der Waals surface area contributed by atoms with Crippen LogP contribution in [0, 0.1) is 0 Å². The van der Waals surface area contributed by atoms with Crippen molar-refractivity contribution in [2.45, 2.75) is 90.1 Å². The third kappa shape index (κ3) is 10.3. The fourth-order valence-corrected chi connectivity index (χ4v) is 3.53. The van der Waals surface area contributed by atoms with Crippen LogP contribution in [0.1, 0.15) is 84.0 Å². The van der Waals surface area contributed by atoms with Gasteiger partial charge in [-0.25, -0.2) is 0 Å². The Bertz CT molecular complexity index is 323. The molecule has 1 unspecified atom stereocenters. The largest absolute Gasteiger partial charge is 0.390 e. The number of hydrogen-bond acceptors (Lipinski definition) is 3. The molecule has 24 heavy (non-hydrogen) atoms. The van der Waals surface area contributed by atoms with Gasteiger partial charge in [-0.05, 0) is 26.4 Å². The Kier molecular flexibility index (Phi) is 12.2. The number of likely N-dealkylation sites (tertiary alicyclic amines) is 1. The van der Waals surface area contributed by atoms with Gasteiger partial charge in [0, 0.05) is 26.1 Å². The zero-order chi connectivity index (χ0) is 17.6. The number of hydrogen-bond donors (Lipinski definition) is 1. The molecular weight excluding hydrogens is 300 g/mol. The average Bonchev–Trinajstić information content (AvgIpc) is 2.94. The number of likely N-dealkylation sites (N-methyl/N-ethyl adjacent to an activating group) is 1. The number of carbonyl (C=O) groups excluding carboxylic acids is 1. The monoisotopic (exact) mass is 340 g/mol. The summed E-state index contributed by atoms with van der Waals surface area (Å²) in [5, 5.41) is 10.1. The third-order valence-corrected chi connectivity index (χ3v) is 5.02. The molecular formula is C20H40N2O2. The molecule has 4 heteroatoms. The number of aliphatic hydroxyl groups excluding tert-OH is 1. The van der Waals surface area contributed by atoms with Crippen LogP contribution in [0.25, 0.3) is 0 Å². The minimum absolute atomic E-state index is 0.200. The van der Waals surface area contributed by atoms with Crippen LogP contribution in [-0.2, 0) is 4.79 Å². The SMILES string of the molecule is CCCCCCCCCCCCN(C)CC(O)CN1CCCC1=O. The molecule has 1 fully saturated rings. The number of β-amino-alcohol motifs (C(OH)–C–C–N with tert-alkyl or cyclic N) is 1. The lowest BCUT2D eigenvalue weighted by molar-refractivity contribution is -0.129. The minimum atomic E-state index is -0.417. The molecule has 1 saturated heterocycles. The summed E-state index contributed by atoms with van der Waals surface area (Å²) in [5.41, 5.74) is 0. The number of amides is 1. The van der Waals surface area contributed by atoms with E-state index in [1.165, 1.54) is 64.2 Å². The number of unbranched alkanes of at least 4 members (excludes halogenated alkanes) is 9. The van der Waals surface area contributed by atoms with Gasteiger partial charge in [-0.1, -0.05) is 64.7 Å². The van der Waals surface area contributed by atoms with Crippen molar-refractivity contribution < 1.29 is 9.90 Å². The highest BCUT2D eigenvalue weighted by Crippen LogP contribution is 2.12. The van der Waals surface area contributed by atoms with Crippen molar-refractivity contribution in [3.63, 3.8) is 0 Å². The van der Waals surface area contributed by atoms with Gasteiger partial charge in [0.1, 0.15) is 0 Å². The van der Waals surface area contributed by atoms with Gasteiger partial charge in [-0.2, -0.15) is 0 Å². The molecule has 1 aliphatic rings. The van der Waals surface area contributed by atoms with Gasteiger partial charge in [-0.3, -0.25) is 4.79 Å². The first kappa shape index (κ1) is 21.4. The standard InChI is InChI=1S/C20H40N2O2/c1-3-4-5-6-7-8-9-10-11-12-15-21(2)17-19(23)18-22-16-13-14-20(22)24/h19,23H,3-18H2,1-2H3. The van der Waals surface area contributed by atoms with Crippen molar-refractivity contribution >= 4 is 5.91 Å². The molecule has 0 radical (unpaired) electrons. The van der Waals surface area contributed by atoms with E-state index < -0.39 is 6.10 Å². The number of rotatable bonds is 15. The molecule has 1 rings (SSSR count). The topological polar surface area (TPSA) is 43.8 Å². The zero-order valence-corrected chi connectivity index (χ0v) is 16.1. The first-order chi connectivity index (χ1) is 11.6. The van der Waals surface area contributed by atoms with Crippen LogP contribution in [0.5, 0.6) is 0 Å². The van der Waals surface area contributed by atoms with Crippen LogP contribution in [0.4, 0.5) is 0 Å². The second-order valence-electron chi connectivity index (χ2n) is 7.54. The van der Waals surface area contributed by atoms with E-state index in [9.17, 15) is 9.90 Å². The maximum absolute atomic E-state index is 11.6. The Morgan fingerprint density at radius 3 is 2.17 bits per heavy atom. The smallest absolute Gasteiger partial charge is 0.222 e. The second-order valence-corrected chi connectivity index (χ2v) is 7.54. The van der Waals surface area contributed by atoms with E-state index in [4.69, 9.17) is 0 Å². The summed E-state index contributed by atoms with van der Waals surface area (Å²) in [6.07, 6.45) is 14.7. The molecule has 0 aromatic heterocycles. The molecule has 0 saturated carbocycles. The molecule has 0 aromatic rings. The van der Waals surface area contributed by atoms with Crippen molar-refractivity contribution in [2.75, 3.05) is 33.2 Å². The maximum atomic E-state index is 11.6. The molecule has 1 amide bonds. The summed E-state index contributed by atoms with van der Waals surface area (Å²) in [6.45, 7) is 5.30. The van der Waals surface area contributed by atoms with E-state index in [0.29, 0.717) is 19.5 Å². The summed E-state index contributed by atoms with van der Waals surface area (Å²) >= 11 is 0. The third-order valence-electron chi connectivity index (χ3n) is 5.02. The van der Waals surface area contributed by atoms with Gasteiger partial charge in [0.15, 0.2) is 0 Å². The molecule has 1 N–H and O–H groups in total. The van der Waals surface area contributed by atoms with Crippen LogP contribution >= 0.6 is 0 Å². The van der Waals surface area contributed by atoms with Crippen molar-refractivity contribution in [3.05, 3.63) is 0 Å². The normalized spacial score (nSPS) is 16.3. The highest BCUT2D eigenvalue weighted by molar-refractivity contribution is 5.78. The van der Waals surface area contributed by atoms with E-state index in [0.717, 1.165) is 19.5 Å². The maximum Gasteiger partial charge on any atom is 0.222 e. The molecule has 1 heterocycles. The zero-order valence-electron chi connectivity index (χ0n) is 16.1. The Labute approximate surface area is 149 Å². The number of aliphatic hydroxyl groups is 1. The van der Waals surface area contributed by atoms with E-state index in [1.54, 1.807) is 4.90 Å². The van der Waals surface area contributed by atoms with Crippen LogP contribution in [0.2, 0.25) is 0 Å². The highest BCUT2D eigenvalue weighted by Gasteiger charge is 2.22. The Hall–Kier alpha value is -0.610. The summed E-state index contributed by atoms with van der Waals surface area (Å²) in [6, 6.07) is 0. The van der Waals surface area contributed by atoms with Crippen molar-refractivity contribution in [2.24, 2.45) is 0 Å². The average molecular weight is 341 g/mol. The van der Waals surface area contributed by atoms with E-state index >= 15 is 0 Å². The molecule has 0 aliphatic carbocycles. The minimum Gasteiger partial charge on any atom is -0.390 e. The van der Waals surface area contributed by atoms with Crippen molar-refractivity contribution in [1.29, 1.82) is 0 Å². The quantitative estimate of drug-likeness (QED) is 0.461. The van der Waals surface area contributed by atoms with Gasteiger partial charge in [0.2, 0.25) is 5.91 Å². The lowest BCUT2D eigenvalue weighted by atomic mass is 10.1. The highest BCUT2D eigenvalue weighted by atomic mass is 16.3. The van der Waals surface area contributed by atoms with E-state index in [1.807, 2.05) is 0 Å². The lowest BCUT2D eigenvalue weighted by Gasteiger charge is -2.24. The fraction of sp³-hybridized carbons (Fsp3) is 0.950. The lowest BCUT2D eigenvalue weighted by Crippen LogP contribution is -2.39. The summed E-state index contributed by atoms with van der Waals surface area (Å²) in [4.78, 5) is 15.6. The van der Waals surface area contributed by atoms with Gasteiger partial charge in [0.25, 0.3) is 0 Å². The first-order valence-electron chi connectivity index (χ1n) is 10.3. The molecule has 1 atom stereocenters. The molecule has 4 nitrogen and oxygen atoms in total. The number of nitrogens with zero attached hydrogens (tertiary/aromatic N) is 2. The second kappa shape index (κ2) is 13.7. The van der Waals surface area contributed by atoms with Gasteiger partial charge >= 0.3 is 0 Å². The molecule has 0 aromatic carbocycles. The predicted molar refractivity (Wildman–Crippen MR) is 101 cm³/mol. The van der Waals surface area contributed by atoms with Gasteiger partial charge in [0.05, 0.1) is 6.10 Å². The Morgan fingerprint density at radius 1 is 1.04 bits per heavy atom. The van der Waals surface area contributed by atoms with E-state index in [-0.39, 0.29) is 5.91 Å². The van der Waals surface area contributed by atoms with Crippen LogP contribution in [0.15, 0.2) is 0 Å². The van der Waals surface area contributed by atoms with Crippen molar-refractivity contribution in [1.82, 2.24) is 9.80 Å². The van der Waals surface area contributed by atoms with Crippen LogP contribution in [-0.4, -0.2) is 60.1 Å². The Balaban J connectivity index is 1.90. The van der Waals surface area contributed by atoms with Crippen LogP contribution < -0.4 is 0 Å². The van der Waals surface area contributed by atoms with Crippen LogP contribution in [0.3, 0.4) is 0 Å². The predicted octanol–water partition coefficient (Wildman–Crippen LogP) is 3.82. The summed E-state index contributed by atoms with van der Waals surface area (Å²) in [5.74, 6) is 0.200. The fourth-order valence-electron chi connectivity index (χ4n) is 3.53. The van der Waals surface area contributed by atoms with Crippen molar-refractivity contribution in [3.8, 4) is 0 Å². The summed E-state index contributed by atoms with van der Waals surface area (Å²) in [7, 11) is 2.07. The first-order valence-corrected chi connectivity index (χ1v) is 10.3. The molecule has 142 valence electrons. The molecule has 0 spiro atoms. The number of carbonyl (C=O) groups is 1. The molecule has 1 aliphatic heterocycles. The van der Waals surface area contributed by atoms with Gasteiger partial charge < -0.3 is 14.9 Å². The van der Waals surface area contributed by atoms with E-state index in [2.05, 4.69) is 18.9 Å². The van der Waals surface area contributed by atoms with Gasteiger partial charge in [-0.15, -0.1) is 0 Å². The molecule has 0 bridgehead atoms. The summed E-state index contributed by atoms with van der Waals surface area (Å²) < 4.78 is 0. The Morgan fingerprint density at radius 2 is 1.62 bits per heavy atom.